The molecule has 0 radical (unpaired) electrons. The Bertz CT molecular complexity index is 2650. The van der Waals surface area contributed by atoms with E-state index in [-0.39, 0.29) is 0 Å². The molecule has 0 aliphatic carbocycles. The molecule has 72 heavy (non-hydrogen) atoms. The van der Waals surface area contributed by atoms with Gasteiger partial charge in [0.1, 0.15) is 0 Å². The summed E-state index contributed by atoms with van der Waals surface area (Å²) >= 11 is 31.3. The van der Waals surface area contributed by atoms with Crippen LogP contribution in [0.1, 0.15) is 45.0 Å². The molecule has 402 valence electrons. The third-order valence-electron chi connectivity index (χ3n) is 9.63. The smallest absolute Gasteiger partial charge is 0.353 e. The quantitative estimate of drug-likeness (QED) is 0.221. The van der Waals surface area contributed by atoms with Gasteiger partial charge in [-0.15, -0.1) is 0 Å². The Balaban J connectivity index is 2.49. The molecule has 2 aliphatic rings. The van der Waals surface area contributed by atoms with Gasteiger partial charge in [-0.05, 0) is 63.7 Å². The average molecular weight is 1440 g/mol. The summed E-state index contributed by atoms with van der Waals surface area (Å²) in [7, 11) is 0. The van der Waals surface area contributed by atoms with Gasteiger partial charge in [-0.3, -0.25) is 0 Å². The predicted octanol–water partition coefficient (Wildman–Crippen LogP) is 19.1. The standard InChI is InChI=1S/C32H2Br4Cl4F28N4/c33-5-6(34)14-2(22(43,44)26(51,52)30(60,61)62)19-11(39)12(40)20(72-19)4(24(47,48)28(55,56)32(66,67)68)16-8(36)7(35)15(70-16)3(23(45,46)27(53,54)31(63,64)65)18-10(38)9(37)17(71-18)1(13(5)69-14)21(41,42)25(49,50)29(57,58)59/h69-70H. The summed E-state index contributed by atoms with van der Waals surface area (Å²) in [6.45, 7) is 0. The highest BCUT2D eigenvalue weighted by Gasteiger charge is 2.78. The van der Waals surface area contributed by atoms with Gasteiger partial charge in [0.05, 0.1) is 105 Å². The van der Waals surface area contributed by atoms with Gasteiger partial charge in [-0.1, -0.05) is 46.4 Å². The number of hydrogen-bond acceptors (Lipinski definition) is 2. The third kappa shape index (κ3) is 8.38. The minimum Gasteiger partial charge on any atom is -0.353 e. The third-order valence-corrected chi connectivity index (χ3v) is 15.5. The highest BCUT2D eigenvalue weighted by Crippen LogP contribution is 2.63. The van der Waals surface area contributed by atoms with Crippen molar-refractivity contribution < 1.29 is 123 Å². The Morgan fingerprint density at radius 1 is 0.278 bits per heavy atom. The van der Waals surface area contributed by atoms with Crippen molar-refractivity contribution >= 4 is 152 Å². The number of rotatable bonds is 8. The summed E-state index contributed by atoms with van der Waals surface area (Å²) in [4.78, 5) is 7.06. The Kier molecular flexibility index (Phi) is 14.8. The number of halogens is 36. The summed E-state index contributed by atoms with van der Waals surface area (Å²) in [6, 6.07) is 0. The molecule has 0 unspecified atom stereocenters. The molecule has 0 amide bonds. The zero-order chi connectivity index (χ0) is 56.4. The van der Waals surface area contributed by atoms with Crippen molar-refractivity contribution in [1.82, 2.24) is 19.9 Å². The second kappa shape index (κ2) is 17.6. The van der Waals surface area contributed by atoms with Crippen LogP contribution in [0.3, 0.4) is 0 Å². The Hall–Kier alpha value is -2.28. The van der Waals surface area contributed by atoms with Crippen LogP contribution in [0.15, 0.2) is 17.9 Å². The van der Waals surface area contributed by atoms with E-state index in [0.29, 0.717) is 0 Å². The minimum atomic E-state index is -7.74. The molecule has 3 aromatic rings. The second-order valence-electron chi connectivity index (χ2n) is 14.0. The fourth-order valence-electron chi connectivity index (χ4n) is 6.13. The molecule has 0 spiro atoms. The van der Waals surface area contributed by atoms with Crippen molar-refractivity contribution in [2.24, 2.45) is 0 Å². The molecule has 0 saturated carbocycles. The van der Waals surface area contributed by atoms with Crippen molar-refractivity contribution in [1.29, 1.82) is 0 Å². The molecule has 3 aromatic heterocycles. The lowest BCUT2D eigenvalue weighted by atomic mass is 9.99. The van der Waals surface area contributed by atoms with Crippen LogP contribution in [0.25, 0.3) is 42.2 Å². The lowest BCUT2D eigenvalue weighted by molar-refractivity contribution is -0.359. The highest BCUT2D eigenvalue weighted by molar-refractivity contribution is 9.13. The lowest BCUT2D eigenvalue weighted by Crippen LogP contribution is -2.50. The first-order valence-corrected chi connectivity index (χ1v) is 21.4. The van der Waals surface area contributed by atoms with Crippen LogP contribution in [-0.2, 0) is 23.7 Å². The fourth-order valence-corrected chi connectivity index (χ4v) is 9.02. The van der Waals surface area contributed by atoms with Gasteiger partial charge in [-0.2, -0.15) is 123 Å². The van der Waals surface area contributed by atoms with E-state index < -0.39 is 177 Å². The molecule has 0 atom stereocenters. The van der Waals surface area contributed by atoms with Crippen LogP contribution >= 0.6 is 110 Å². The Morgan fingerprint density at radius 3 is 0.542 bits per heavy atom. The van der Waals surface area contributed by atoms with E-state index in [0.717, 1.165) is 9.97 Å². The molecule has 2 N–H and O–H groups in total. The number of aromatic amines is 2. The number of alkyl halides is 28. The van der Waals surface area contributed by atoms with Crippen LogP contribution in [0.5, 0.6) is 0 Å². The topological polar surface area (TPSA) is 57.4 Å². The first-order valence-electron chi connectivity index (χ1n) is 16.7. The van der Waals surface area contributed by atoms with E-state index in [4.69, 9.17) is 46.4 Å². The van der Waals surface area contributed by atoms with Gasteiger partial charge in [0.2, 0.25) is 0 Å². The molecule has 0 saturated heterocycles. The first-order chi connectivity index (χ1) is 31.7. The Morgan fingerprint density at radius 2 is 0.417 bits per heavy atom. The van der Waals surface area contributed by atoms with Crippen LogP contribution in [0.4, 0.5) is 123 Å². The van der Waals surface area contributed by atoms with E-state index >= 15 is 70.2 Å². The number of H-pyrrole nitrogens is 2. The fraction of sp³-hybridized carbons (Fsp3) is 0.375. The summed E-state index contributed by atoms with van der Waals surface area (Å²) in [5.74, 6) is -60.3. The number of hydrogen-bond donors (Lipinski definition) is 2. The zero-order valence-corrected chi connectivity index (χ0v) is 40.9. The monoisotopic (exact) mass is 1430 g/mol. The number of fused-ring (bicyclic) bond motifs is 8. The summed E-state index contributed by atoms with van der Waals surface area (Å²) in [6.07, 6.45) is -30.6. The van der Waals surface area contributed by atoms with Gasteiger partial charge in [0, 0.05) is 0 Å². The maximum Gasteiger partial charge on any atom is 0.460 e. The van der Waals surface area contributed by atoms with E-state index in [1.807, 2.05) is 0 Å². The van der Waals surface area contributed by atoms with Gasteiger partial charge in [0.25, 0.3) is 0 Å². The largest absolute Gasteiger partial charge is 0.460 e. The number of nitrogens with zero attached hydrogens (tertiary/aromatic N) is 2. The van der Waals surface area contributed by atoms with Crippen molar-refractivity contribution in [2.75, 3.05) is 0 Å². The van der Waals surface area contributed by atoms with E-state index in [9.17, 15) is 52.7 Å². The van der Waals surface area contributed by atoms with Crippen LogP contribution in [-0.4, -0.2) is 68.3 Å². The van der Waals surface area contributed by atoms with Gasteiger partial charge < -0.3 is 9.97 Å². The summed E-state index contributed by atoms with van der Waals surface area (Å²) in [5.41, 5.74) is -35.8. The van der Waals surface area contributed by atoms with Gasteiger partial charge in [0.15, 0.2) is 0 Å². The molecule has 0 fully saturated rings. The number of nitrogens with one attached hydrogen (secondary N) is 2. The molecule has 40 heteroatoms. The van der Waals surface area contributed by atoms with Crippen LogP contribution < -0.4 is 0 Å². The Labute approximate surface area is 428 Å². The normalized spacial score (nSPS) is 15.9. The van der Waals surface area contributed by atoms with Gasteiger partial charge in [-0.25, -0.2) is 9.97 Å². The molecular formula is C32H2Br4Cl4F28N4. The molecule has 5 rings (SSSR count). The summed E-state index contributed by atoms with van der Waals surface area (Å²) in [5, 5.41) is -9.64. The molecule has 2 aliphatic heterocycles. The van der Waals surface area contributed by atoms with Crippen LogP contribution in [0, 0.1) is 0 Å². The molecule has 5 heterocycles. The molecular weight excluding hydrogens is 1430 g/mol. The summed E-state index contributed by atoms with van der Waals surface area (Å²) < 4.78 is 409. The van der Waals surface area contributed by atoms with E-state index in [1.54, 1.807) is 0 Å². The van der Waals surface area contributed by atoms with Crippen molar-refractivity contribution in [3.05, 3.63) is 62.9 Å². The second-order valence-corrected chi connectivity index (χ2v) is 18.6. The number of aromatic nitrogens is 4. The van der Waals surface area contributed by atoms with E-state index in [2.05, 4.69) is 73.7 Å². The van der Waals surface area contributed by atoms with Crippen molar-refractivity contribution in [3.8, 4) is 0 Å². The predicted molar refractivity (Wildman–Crippen MR) is 208 cm³/mol. The molecule has 8 bridgehead atoms. The maximum atomic E-state index is 16.3. The maximum absolute atomic E-state index is 16.3. The average Bonchev–Trinajstić information content (AvgIpc) is 3.84. The lowest BCUT2D eigenvalue weighted by Gasteiger charge is -2.29. The zero-order valence-electron chi connectivity index (χ0n) is 31.5. The molecule has 4 nitrogen and oxygen atoms in total. The van der Waals surface area contributed by atoms with Gasteiger partial charge >= 0.3 is 72.1 Å². The molecule has 0 aromatic carbocycles. The minimum absolute atomic E-state index is 0.891. The van der Waals surface area contributed by atoms with Crippen molar-refractivity contribution in [2.45, 2.75) is 72.1 Å². The first kappa shape index (κ1) is 60.6. The highest BCUT2D eigenvalue weighted by atomic mass is 79.9. The van der Waals surface area contributed by atoms with E-state index in [1.165, 1.54) is 0 Å². The van der Waals surface area contributed by atoms with Crippen molar-refractivity contribution in [3.63, 3.8) is 0 Å². The SMILES string of the molecule is FC(F)(F)C(F)(F)C(F)(F)c1c2nc(c(C(F)(F)C(F)(F)C(F)(F)F)c3[nH]c(c(Br)c3Br)c(C(F)(F)C(F)(F)C(F)(F)F)c3nc(c(C(F)(F)C(F)(F)C(F)(F)F)c4[nH]c1c(Br)c4Br)C(Cl)=C3Cl)C(Cl)=C2Cl. The van der Waals surface area contributed by atoms with Crippen LogP contribution in [0.2, 0.25) is 0 Å².